The summed E-state index contributed by atoms with van der Waals surface area (Å²) in [6.45, 7) is 0. The molecule has 270 valence electrons. The summed E-state index contributed by atoms with van der Waals surface area (Å²) in [6.07, 6.45) is 0. The molecule has 0 N–H and O–H groups in total. The topological polar surface area (TPSA) is 48.5 Å². The van der Waals surface area contributed by atoms with Gasteiger partial charge in [0.2, 0.25) is 0 Å². The summed E-state index contributed by atoms with van der Waals surface area (Å²) in [7, 11) is 0. The van der Waals surface area contributed by atoms with Crippen LogP contribution < -0.4 is 0 Å². The summed E-state index contributed by atoms with van der Waals surface area (Å²) in [5, 5.41) is 9.53. The summed E-state index contributed by atoms with van der Waals surface area (Å²) in [5.41, 5.74) is 9.78. The van der Waals surface area contributed by atoms with Crippen LogP contribution in [0.4, 0.5) is 0 Å². The van der Waals surface area contributed by atoms with Crippen LogP contribution in [0.15, 0.2) is 200 Å². The Bertz CT molecular complexity index is 3560. The van der Waals surface area contributed by atoms with Gasteiger partial charge in [-0.25, -0.2) is 15.0 Å². The minimum atomic E-state index is 0.636. The third-order valence-electron chi connectivity index (χ3n) is 11.5. The van der Waals surface area contributed by atoms with Gasteiger partial charge < -0.3 is 9.13 Å². The zero-order valence-corrected chi connectivity index (χ0v) is 31.3. The zero-order chi connectivity index (χ0) is 38.2. The quantitative estimate of drug-likeness (QED) is 0.177. The van der Waals surface area contributed by atoms with Crippen LogP contribution in [0.2, 0.25) is 0 Å². The lowest BCUT2D eigenvalue weighted by atomic mass is 10.0. The van der Waals surface area contributed by atoms with Gasteiger partial charge in [-0.2, -0.15) is 0 Å². The second-order valence-electron chi connectivity index (χ2n) is 14.9. The van der Waals surface area contributed by atoms with E-state index in [0.29, 0.717) is 17.5 Å². The fourth-order valence-electron chi connectivity index (χ4n) is 8.76. The minimum absolute atomic E-state index is 0.636. The van der Waals surface area contributed by atoms with Crippen molar-refractivity contribution < 1.29 is 0 Å². The van der Waals surface area contributed by atoms with Gasteiger partial charge in [0.25, 0.3) is 0 Å². The molecule has 3 aromatic heterocycles. The number of aromatic nitrogens is 5. The van der Waals surface area contributed by atoms with Gasteiger partial charge in [0.05, 0.1) is 22.1 Å². The Morgan fingerprint density at radius 3 is 1.40 bits per heavy atom. The largest absolute Gasteiger partial charge is 0.309 e. The molecule has 0 aliphatic carbocycles. The smallest absolute Gasteiger partial charge is 0.164 e. The van der Waals surface area contributed by atoms with E-state index >= 15 is 0 Å². The molecule has 0 bridgehead atoms. The molecule has 12 rings (SSSR count). The molecule has 0 saturated heterocycles. The number of para-hydroxylation sites is 3. The molecule has 0 aliphatic heterocycles. The Morgan fingerprint density at radius 2 is 0.741 bits per heavy atom. The van der Waals surface area contributed by atoms with E-state index in [1.807, 2.05) is 18.2 Å². The van der Waals surface area contributed by atoms with Crippen LogP contribution in [0.3, 0.4) is 0 Å². The molecule has 0 spiro atoms. The van der Waals surface area contributed by atoms with Gasteiger partial charge in [-0.3, -0.25) is 0 Å². The van der Waals surface area contributed by atoms with Crippen molar-refractivity contribution in [1.29, 1.82) is 0 Å². The first-order valence-corrected chi connectivity index (χ1v) is 19.6. The van der Waals surface area contributed by atoms with Gasteiger partial charge >= 0.3 is 0 Å². The Hall–Kier alpha value is -7.89. The summed E-state index contributed by atoms with van der Waals surface area (Å²) < 4.78 is 4.81. The summed E-state index contributed by atoms with van der Waals surface area (Å²) >= 11 is 0. The van der Waals surface area contributed by atoms with Gasteiger partial charge in [0.15, 0.2) is 17.5 Å². The molecule has 5 nitrogen and oxygen atoms in total. The number of nitrogens with zero attached hydrogens (tertiary/aromatic N) is 5. The van der Waals surface area contributed by atoms with Crippen LogP contribution in [0.25, 0.3) is 111 Å². The molecule has 0 fully saturated rings. The predicted octanol–water partition coefficient (Wildman–Crippen LogP) is 13.4. The predicted molar refractivity (Wildman–Crippen MR) is 240 cm³/mol. The second-order valence-corrected chi connectivity index (χ2v) is 14.9. The van der Waals surface area contributed by atoms with E-state index in [0.717, 1.165) is 49.7 Å². The van der Waals surface area contributed by atoms with E-state index in [4.69, 9.17) is 15.0 Å². The third kappa shape index (κ3) is 5.14. The Balaban J connectivity index is 1.05. The van der Waals surface area contributed by atoms with Crippen molar-refractivity contribution in [3.8, 4) is 45.5 Å². The molecule has 0 atom stereocenters. The monoisotopic (exact) mass is 739 g/mol. The highest BCUT2D eigenvalue weighted by atomic mass is 15.0. The molecule has 0 amide bonds. The van der Waals surface area contributed by atoms with Gasteiger partial charge in [0, 0.05) is 49.6 Å². The molecule has 5 heteroatoms. The van der Waals surface area contributed by atoms with Crippen molar-refractivity contribution >= 4 is 65.2 Å². The fourth-order valence-corrected chi connectivity index (χ4v) is 8.76. The molecule has 0 saturated carbocycles. The van der Waals surface area contributed by atoms with Crippen molar-refractivity contribution in [1.82, 2.24) is 24.1 Å². The fraction of sp³-hybridized carbons (Fsp3) is 0. The average molecular weight is 740 g/mol. The summed E-state index contributed by atoms with van der Waals surface area (Å²) in [6, 6.07) is 71.1. The normalized spacial score (nSPS) is 11.8. The highest BCUT2D eigenvalue weighted by molar-refractivity contribution is 6.19. The first-order chi connectivity index (χ1) is 28.7. The van der Waals surface area contributed by atoms with E-state index in [-0.39, 0.29) is 0 Å². The number of hydrogen-bond acceptors (Lipinski definition) is 3. The molecule has 0 aliphatic rings. The van der Waals surface area contributed by atoms with E-state index in [1.54, 1.807) is 0 Å². The van der Waals surface area contributed by atoms with Crippen molar-refractivity contribution in [2.45, 2.75) is 0 Å². The van der Waals surface area contributed by atoms with Gasteiger partial charge in [-0.15, -0.1) is 0 Å². The van der Waals surface area contributed by atoms with Gasteiger partial charge in [0.1, 0.15) is 0 Å². The van der Waals surface area contributed by atoms with E-state index in [9.17, 15) is 0 Å². The molecule has 3 heterocycles. The van der Waals surface area contributed by atoms with Gasteiger partial charge in [-0.05, 0) is 82.2 Å². The molecule has 0 unspecified atom stereocenters. The van der Waals surface area contributed by atoms with Crippen LogP contribution in [-0.2, 0) is 0 Å². The van der Waals surface area contributed by atoms with Crippen LogP contribution in [0, 0.1) is 0 Å². The van der Waals surface area contributed by atoms with E-state index in [2.05, 4.69) is 191 Å². The average Bonchev–Trinajstić information content (AvgIpc) is 3.80. The second kappa shape index (κ2) is 12.8. The van der Waals surface area contributed by atoms with E-state index < -0.39 is 0 Å². The Kier molecular flexibility index (Phi) is 7.16. The standard InChI is InChI=1S/C53H33N5/c1-3-14-36(15-4-1)51-54-52(38-25-23-34-13-7-8-16-37(34)29-38)56-53(55-51)39-26-24-35-27-28-42(31-40(35)30-39)58-48-22-12-10-20-44(48)46-32-45-43-19-9-11-21-47(43)57(49(45)33-50(46)58)41-17-5-2-6-18-41/h1-33H. The minimum Gasteiger partial charge on any atom is -0.309 e. The van der Waals surface area contributed by atoms with Crippen LogP contribution >= 0.6 is 0 Å². The highest BCUT2D eigenvalue weighted by Crippen LogP contribution is 2.40. The lowest BCUT2D eigenvalue weighted by Gasteiger charge is -2.12. The maximum absolute atomic E-state index is 5.12. The molecular weight excluding hydrogens is 707 g/mol. The van der Waals surface area contributed by atoms with Crippen LogP contribution in [-0.4, -0.2) is 24.1 Å². The first-order valence-electron chi connectivity index (χ1n) is 19.6. The molecular formula is C53H33N5. The zero-order valence-electron chi connectivity index (χ0n) is 31.3. The number of benzene rings is 9. The SMILES string of the molecule is c1ccc(-c2nc(-c3ccc4ccccc4c3)nc(-c3ccc4ccc(-n5c6ccccc6c6cc7c8ccccc8n(-c8ccccc8)c7cc65)cc4c3)n2)cc1. The summed E-state index contributed by atoms with van der Waals surface area (Å²) in [4.78, 5) is 15.2. The number of rotatable bonds is 5. The van der Waals surface area contributed by atoms with Crippen molar-refractivity contribution in [2.75, 3.05) is 0 Å². The maximum Gasteiger partial charge on any atom is 0.164 e. The van der Waals surface area contributed by atoms with Gasteiger partial charge in [-0.1, -0.05) is 140 Å². The summed E-state index contributed by atoms with van der Waals surface area (Å²) in [5.74, 6) is 1.93. The first kappa shape index (κ1) is 32.4. The molecule has 9 aromatic carbocycles. The van der Waals surface area contributed by atoms with Crippen molar-refractivity contribution in [3.63, 3.8) is 0 Å². The van der Waals surface area contributed by atoms with E-state index in [1.165, 1.54) is 43.5 Å². The lowest BCUT2D eigenvalue weighted by Crippen LogP contribution is -2.00. The van der Waals surface area contributed by atoms with Crippen LogP contribution in [0.5, 0.6) is 0 Å². The Labute approximate surface area is 333 Å². The van der Waals surface area contributed by atoms with Crippen molar-refractivity contribution in [2.24, 2.45) is 0 Å². The molecule has 0 radical (unpaired) electrons. The molecule has 12 aromatic rings. The number of fused-ring (bicyclic) bond motifs is 8. The van der Waals surface area contributed by atoms with Crippen molar-refractivity contribution in [3.05, 3.63) is 200 Å². The third-order valence-corrected chi connectivity index (χ3v) is 11.5. The molecule has 58 heavy (non-hydrogen) atoms. The highest BCUT2D eigenvalue weighted by Gasteiger charge is 2.19. The maximum atomic E-state index is 5.12. The number of hydrogen-bond donors (Lipinski definition) is 0. The van der Waals surface area contributed by atoms with Crippen LogP contribution in [0.1, 0.15) is 0 Å². The Morgan fingerprint density at radius 1 is 0.259 bits per heavy atom. The lowest BCUT2D eigenvalue weighted by molar-refractivity contribution is 1.07.